The lowest BCUT2D eigenvalue weighted by molar-refractivity contribution is -0.122. The number of thiazole rings is 1. The van der Waals surface area contributed by atoms with Crippen molar-refractivity contribution in [3.8, 4) is 28.5 Å². The molecule has 1 atom stereocenters. The predicted molar refractivity (Wildman–Crippen MR) is 98.8 cm³/mol. The largest absolute Gasteiger partial charge is 0.481 e. The number of nitrogens with one attached hydrogen (secondary N) is 1. The first-order valence-electron chi connectivity index (χ1n) is 8.17. The number of hydrogen-bond acceptors (Lipinski definition) is 6. The van der Waals surface area contributed by atoms with Crippen molar-refractivity contribution in [2.45, 2.75) is 13.0 Å². The van der Waals surface area contributed by atoms with Crippen LogP contribution < -0.4 is 19.5 Å². The summed E-state index contributed by atoms with van der Waals surface area (Å²) >= 11 is 1.31. The molecule has 0 unspecified atom stereocenters. The number of hydrogen-bond donors (Lipinski definition) is 1. The van der Waals surface area contributed by atoms with Gasteiger partial charge < -0.3 is 14.2 Å². The van der Waals surface area contributed by atoms with E-state index in [1.807, 2.05) is 23.6 Å². The Kier molecular flexibility index (Phi) is 4.64. The maximum atomic E-state index is 12.9. The van der Waals surface area contributed by atoms with Gasteiger partial charge in [0.05, 0.1) is 5.69 Å². The Labute approximate surface area is 158 Å². The Hall–Kier alpha value is -3.13. The van der Waals surface area contributed by atoms with E-state index in [4.69, 9.17) is 14.2 Å². The van der Waals surface area contributed by atoms with Crippen LogP contribution in [0.2, 0.25) is 0 Å². The van der Waals surface area contributed by atoms with Crippen molar-refractivity contribution in [1.82, 2.24) is 4.98 Å². The highest BCUT2D eigenvalue weighted by Gasteiger charge is 2.18. The second kappa shape index (κ2) is 7.24. The third kappa shape index (κ3) is 3.85. The minimum atomic E-state index is -0.756. The number of rotatable bonds is 5. The van der Waals surface area contributed by atoms with E-state index in [1.165, 1.54) is 35.6 Å². The maximum absolute atomic E-state index is 12.9. The molecular formula is C19H15FN2O4S. The lowest BCUT2D eigenvalue weighted by Gasteiger charge is -2.13. The Bertz CT molecular complexity index is 974. The van der Waals surface area contributed by atoms with E-state index in [1.54, 1.807) is 6.92 Å². The van der Waals surface area contributed by atoms with Gasteiger partial charge in [-0.1, -0.05) is 0 Å². The standard InChI is InChI=1S/C19H15FN2O4S/c1-11(26-14-5-3-13(20)4-6-14)18(23)22-19-21-15(9-27-19)12-2-7-16-17(8-12)25-10-24-16/h2-9,11H,10H2,1H3,(H,21,22,23)/t11-/m1/s1. The quantitative estimate of drug-likeness (QED) is 0.715. The number of benzene rings is 2. The number of carbonyl (C=O) groups excluding carboxylic acids is 1. The van der Waals surface area contributed by atoms with Gasteiger partial charge in [-0.2, -0.15) is 0 Å². The molecule has 1 aromatic heterocycles. The maximum Gasteiger partial charge on any atom is 0.266 e. The first-order valence-corrected chi connectivity index (χ1v) is 9.05. The van der Waals surface area contributed by atoms with E-state index in [-0.39, 0.29) is 18.5 Å². The topological polar surface area (TPSA) is 69.7 Å². The number of amides is 1. The van der Waals surface area contributed by atoms with Crippen molar-refractivity contribution in [2.75, 3.05) is 12.1 Å². The molecular weight excluding hydrogens is 371 g/mol. The van der Waals surface area contributed by atoms with Crippen molar-refractivity contribution in [3.05, 3.63) is 53.7 Å². The van der Waals surface area contributed by atoms with Crippen molar-refractivity contribution >= 4 is 22.4 Å². The van der Waals surface area contributed by atoms with Crippen LogP contribution in [0, 0.1) is 5.82 Å². The van der Waals surface area contributed by atoms with Crippen LogP contribution >= 0.6 is 11.3 Å². The second-order valence-electron chi connectivity index (χ2n) is 5.81. The van der Waals surface area contributed by atoms with Gasteiger partial charge >= 0.3 is 0 Å². The van der Waals surface area contributed by atoms with Crippen LogP contribution in [0.4, 0.5) is 9.52 Å². The summed E-state index contributed by atoms with van der Waals surface area (Å²) in [6.45, 7) is 1.83. The summed E-state index contributed by atoms with van der Waals surface area (Å²) in [7, 11) is 0. The second-order valence-corrected chi connectivity index (χ2v) is 6.67. The van der Waals surface area contributed by atoms with E-state index in [0.717, 1.165) is 11.3 Å². The van der Waals surface area contributed by atoms with Gasteiger partial charge in [-0.3, -0.25) is 10.1 Å². The van der Waals surface area contributed by atoms with Crippen molar-refractivity contribution in [1.29, 1.82) is 0 Å². The Morgan fingerprint density at radius 2 is 2.00 bits per heavy atom. The van der Waals surface area contributed by atoms with Crippen molar-refractivity contribution < 1.29 is 23.4 Å². The Morgan fingerprint density at radius 3 is 2.81 bits per heavy atom. The highest BCUT2D eigenvalue weighted by atomic mass is 32.1. The molecule has 0 bridgehead atoms. The van der Waals surface area contributed by atoms with E-state index in [9.17, 15) is 9.18 Å². The molecule has 1 aliphatic heterocycles. The zero-order valence-electron chi connectivity index (χ0n) is 14.3. The smallest absolute Gasteiger partial charge is 0.266 e. The van der Waals surface area contributed by atoms with E-state index < -0.39 is 6.10 Å². The monoisotopic (exact) mass is 386 g/mol. The molecule has 8 heteroatoms. The minimum Gasteiger partial charge on any atom is -0.481 e. The van der Waals surface area contributed by atoms with Gasteiger partial charge in [0.2, 0.25) is 6.79 Å². The number of nitrogens with zero attached hydrogens (tertiary/aromatic N) is 1. The van der Waals surface area contributed by atoms with Crippen molar-refractivity contribution in [3.63, 3.8) is 0 Å². The lowest BCUT2D eigenvalue weighted by atomic mass is 10.1. The number of ether oxygens (including phenoxy) is 3. The highest BCUT2D eigenvalue weighted by molar-refractivity contribution is 7.14. The fraction of sp³-hybridized carbons (Fsp3) is 0.158. The number of aromatic nitrogens is 1. The highest BCUT2D eigenvalue weighted by Crippen LogP contribution is 2.36. The van der Waals surface area contributed by atoms with Gasteiger partial charge in [0.25, 0.3) is 5.91 Å². The fourth-order valence-electron chi connectivity index (χ4n) is 2.50. The Balaban J connectivity index is 1.41. The van der Waals surface area contributed by atoms with E-state index in [0.29, 0.717) is 22.4 Å². The molecule has 0 radical (unpaired) electrons. The molecule has 0 spiro atoms. The van der Waals surface area contributed by atoms with Crippen LogP contribution in [0.15, 0.2) is 47.8 Å². The lowest BCUT2D eigenvalue weighted by Crippen LogP contribution is -2.30. The van der Waals surface area contributed by atoms with Crippen LogP contribution in [0.5, 0.6) is 17.2 Å². The summed E-state index contributed by atoms with van der Waals surface area (Å²) in [6.07, 6.45) is -0.756. The van der Waals surface area contributed by atoms with Gasteiger partial charge in [0, 0.05) is 10.9 Å². The Morgan fingerprint density at radius 1 is 1.22 bits per heavy atom. The first kappa shape index (κ1) is 17.3. The van der Waals surface area contributed by atoms with Gasteiger partial charge in [-0.25, -0.2) is 9.37 Å². The van der Waals surface area contributed by atoms with Crippen LogP contribution in [0.3, 0.4) is 0 Å². The predicted octanol–water partition coefficient (Wildman–Crippen LogP) is 4.08. The molecule has 2 heterocycles. The number of carbonyl (C=O) groups is 1. The molecule has 2 aromatic carbocycles. The molecule has 0 aliphatic carbocycles. The van der Waals surface area contributed by atoms with Crippen LogP contribution in [-0.2, 0) is 4.79 Å². The van der Waals surface area contributed by atoms with Crippen LogP contribution in [0.25, 0.3) is 11.3 Å². The molecule has 1 N–H and O–H groups in total. The first-order chi connectivity index (χ1) is 13.1. The van der Waals surface area contributed by atoms with Crippen LogP contribution in [-0.4, -0.2) is 23.8 Å². The molecule has 138 valence electrons. The van der Waals surface area contributed by atoms with Crippen molar-refractivity contribution in [2.24, 2.45) is 0 Å². The van der Waals surface area contributed by atoms with Gasteiger partial charge in [-0.15, -0.1) is 11.3 Å². The molecule has 6 nitrogen and oxygen atoms in total. The molecule has 3 aromatic rings. The van der Waals surface area contributed by atoms with Crippen LogP contribution in [0.1, 0.15) is 6.92 Å². The summed E-state index contributed by atoms with van der Waals surface area (Å²) in [4.78, 5) is 16.7. The summed E-state index contributed by atoms with van der Waals surface area (Å²) in [6, 6.07) is 11.1. The van der Waals surface area contributed by atoms with Gasteiger partial charge in [0.1, 0.15) is 11.6 Å². The average molecular weight is 386 g/mol. The molecule has 27 heavy (non-hydrogen) atoms. The average Bonchev–Trinajstić information content (AvgIpc) is 3.32. The zero-order chi connectivity index (χ0) is 18.8. The summed E-state index contributed by atoms with van der Waals surface area (Å²) in [5.41, 5.74) is 1.59. The van der Waals surface area contributed by atoms with Gasteiger partial charge in [-0.05, 0) is 49.4 Å². The summed E-state index contributed by atoms with van der Waals surface area (Å²) in [5.74, 6) is 1.09. The number of halogens is 1. The summed E-state index contributed by atoms with van der Waals surface area (Å²) < 4.78 is 29.1. The number of fused-ring (bicyclic) bond motifs is 1. The van der Waals surface area contributed by atoms with E-state index >= 15 is 0 Å². The molecule has 4 rings (SSSR count). The number of anilines is 1. The third-order valence-corrected chi connectivity index (χ3v) is 4.66. The third-order valence-electron chi connectivity index (χ3n) is 3.90. The zero-order valence-corrected chi connectivity index (χ0v) is 15.1. The molecule has 1 amide bonds. The molecule has 0 fully saturated rings. The molecule has 0 saturated heterocycles. The van der Waals surface area contributed by atoms with E-state index in [2.05, 4.69) is 10.3 Å². The van der Waals surface area contributed by atoms with Gasteiger partial charge in [0.15, 0.2) is 22.7 Å². The molecule has 0 saturated carbocycles. The summed E-state index contributed by atoms with van der Waals surface area (Å²) in [5, 5.41) is 5.04. The fourth-order valence-corrected chi connectivity index (χ4v) is 3.22. The SMILES string of the molecule is C[C@@H](Oc1ccc(F)cc1)C(=O)Nc1nc(-c2ccc3c(c2)OCO3)cs1. The molecule has 1 aliphatic rings. The minimum absolute atomic E-state index is 0.211. The normalized spacial score (nSPS) is 13.3.